The maximum atomic E-state index is 13.2. The fourth-order valence-electron chi connectivity index (χ4n) is 3.66. The van der Waals surface area contributed by atoms with Gasteiger partial charge in [0.15, 0.2) is 11.3 Å². The van der Waals surface area contributed by atoms with Crippen LogP contribution < -0.4 is 25.4 Å². The first kappa shape index (κ1) is 21.2. The van der Waals surface area contributed by atoms with E-state index < -0.39 is 6.17 Å². The summed E-state index contributed by atoms with van der Waals surface area (Å²) in [5, 5.41) is 11.6. The van der Waals surface area contributed by atoms with Crippen molar-refractivity contribution in [2.24, 2.45) is 10.1 Å². The average Bonchev–Trinajstić information content (AvgIpc) is 2.80. The van der Waals surface area contributed by atoms with Gasteiger partial charge in [-0.25, -0.2) is 5.01 Å². The predicted molar refractivity (Wildman–Crippen MR) is 122 cm³/mol. The highest BCUT2D eigenvalue weighted by molar-refractivity contribution is 8.13. The van der Waals surface area contributed by atoms with Gasteiger partial charge < -0.3 is 9.47 Å². The number of rotatable bonds is 7. The topological polar surface area (TPSA) is 75.5 Å². The molecule has 0 spiro atoms. The lowest BCUT2D eigenvalue weighted by Crippen LogP contribution is -2.50. The van der Waals surface area contributed by atoms with E-state index in [1.165, 1.54) is 0 Å². The van der Waals surface area contributed by atoms with E-state index in [0.29, 0.717) is 22.4 Å². The first-order valence-corrected chi connectivity index (χ1v) is 11.4. The molecule has 2 heterocycles. The number of methoxy groups -OCH3 is 2. The van der Waals surface area contributed by atoms with Crippen molar-refractivity contribution in [2.75, 3.05) is 20.0 Å². The number of ether oxygens (including phenoxy) is 2. The van der Waals surface area contributed by atoms with Crippen LogP contribution in [0.4, 0.5) is 0 Å². The molecule has 0 aromatic heterocycles. The van der Waals surface area contributed by atoms with Crippen LogP contribution in [0.5, 0.6) is 11.5 Å². The third kappa shape index (κ3) is 4.25. The SMILES string of the molecule is CCCCCSC1=NN2C(=c3ccccc3=NC2c2cc(OC)ccc2OC)C(=O)N1. The standard InChI is InChI=1S/C23H26N4O3S/c1-4-5-8-13-31-23-25-22(28)20-16-9-6-7-10-18(16)24-21(27(20)26-23)17-14-15(29-2)11-12-19(17)30-3/h6-7,9-12,14,21H,4-5,8,13H2,1-3H3,(H,25,26,28). The van der Waals surface area contributed by atoms with Gasteiger partial charge in [0.25, 0.3) is 5.91 Å². The summed E-state index contributed by atoms with van der Waals surface area (Å²) in [5.74, 6) is 2.07. The van der Waals surface area contributed by atoms with Gasteiger partial charge in [-0.2, -0.15) is 0 Å². The van der Waals surface area contributed by atoms with Gasteiger partial charge in [-0.15, -0.1) is 5.10 Å². The number of nitrogens with one attached hydrogen (secondary N) is 1. The lowest BCUT2D eigenvalue weighted by Gasteiger charge is -2.34. The summed E-state index contributed by atoms with van der Waals surface area (Å²) in [5.41, 5.74) is 1.26. The molecule has 0 radical (unpaired) electrons. The highest BCUT2D eigenvalue weighted by Gasteiger charge is 2.35. The van der Waals surface area contributed by atoms with Crippen molar-refractivity contribution < 1.29 is 14.3 Å². The van der Waals surface area contributed by atoms with Crippen LogP contribution in [0, 0.1) is 0 Å². The number of amidine groups is 1. The summed E-state index contributed by atoms with van der Waals surface area (Å²) in [6.45, 7) is 2.17. The molecule has 162 valence electrons. The quantitative estimate of drug-likeness (QED) is 0.673. The smallest absolute Gasteiger partial charge is 0.276 e. The van der Waals surface area contributed by atoms with Gasteiger partial charge in [-0.1, -0.05) is 49.7 Å². The Morgan fingerprint density at radius 2 is 1.97 bits per heavy atom. The second-order valence-corrected chi connectivity index (χ2v) is 8.32. The Kier molecular flexibility index (Phi) is 6.46. The molecule has 4 rings (SSSR count). The molecule has 8 heteroatoms. The Balaban J connectivity index is 1.83. The van der Waals surface area contributed by atoms with Gasteiger partial charge in [0.05, 0.1) is 19.6 Å². The van der Waals surface area contributed by atoms with Gasteiger partial charge in [0, 0.05) is 16.5 Å². The lowest BCUT2D eigenvalue weighted by molar-refractivity contribution is -0.116. The van der Waals surface area contributed by atoms with Crippen LogP contribution in [0.15, 0.2) is 52.6 Å². The molecule has 0 aliphatic carbocycles. The van der Waals surface area contributed by atoms with Crippen molar-refractivity contribution >= 4 is 28.5 Å². The van der Waals surface area contributed by atoms with Crippen LogP contribution in [-0.2, 0) is 4.79 Å². The number of carbonyl (C=O) groups excluding carboxylic acids is 1. The minimum atomic E-state index is -0.549. The number of amides is 1. The number of benzene rings is 2. The Hall–Kier alpha value is -3.00. The van der Waals surface area contributed by atoms with Gasteiger partial charge in [0.2, 0.25) is 0 Å². The molecule has 1 N–H and O–H groups in total. The van der Waals surface area contributed by atoms with E-state index >= 15 is 0 Å². The molecule has 1 atom stereocenters. The third-order valence-electron chi connectivity index (χ3n) is 5.22. The Labute approximate surface area is 185 Å². The minimum Gasteiger partial charge on any atom is -0.497 e. The fourth-order valence-corrected chi connectivity index (χ4v) is 4.51. The molecule has 0 fully saturated rings. The van der Waals surface area contributed by atoms with Crippen LogP contribution in [0.3, 0.4) is 0 Å². The van der Waals surface area contributed by atoms with Gasteiger partial charge in [-0.05, 0) is 30.7 Å². The summed E-state index contributed by atoms with van der Waals surface area (Å²) < 4.78 is 11.0. The monoisotopic (exact) mass is 438 g/mol. The molecule has 1 unspecified atom stereocenters. The average molecular weight is 439 g/mol. The fraction of sp³-hybridized carbons (Fsp3) is 0.348. The van der Waals surface area contributed by atoms with Gasteiger partial charge >= 0.3 is 0 Å². The second-order valence-electron chi connectivity index (χ2n) is 7.24. The number of unbranched alkanes of at least 4 members (excludes halogenated alkanes) is 2. The van der Waals surface area contributed by atoms with Crippen molar-refractivity contribution in [2.45, 2.75) is 32.4 Å². The number of para-hydroxylation sites is 1. The van der Waals surface area contributed by atoms with Crippen LogP contribution in [0.25, 0.3) is 5.70 Å². The summed E-state index contributed by atoms with van der Waals surface area (Å²) in [7, 11) is 3.24. The molecule has 2 aliphatic rings. The third-order valence-corrected chi connectivity index (χ3v) is 6.17. The first-order valence-electron chi connectivity index (χ1n) is 10.4. The van der Waals surface area contributed by atoms with E-state index in [0.717, 1.165) is 41.2 Å². The largest absolute Gasteiger partial charge is 0.497 e. The molecular formula is C23H26N4O3S. The van der Waals surface area contributed by atoms with Crippen molar-refractivity contribution in [3.8, 4) is 11.5 Å². The van der Waals surface area contributed by atoms with E-state index in [4.69, 9.17) is 19.6 Å². The normalized spacial score (nSPS) is 17.2. The summed E-state index contributed by atoms with van der Waals surface area (Å²) in [4.78, 5) is 18.1. The number of nitrogens with zero attached hydrogens (tertiary/aromatic N) is 3. The lowest BCUT2D eigenvalue weighted by atomic mass is 10.1. The summed E-state index contributed by atoms with van der Waals surface area (Å²) in [6.07, 6.45) is 2.83. The van der Waals surface area contributed by atoms with Gasteiger partial charge in [0.1, 0.15) is 17.2 Å². The molecule has 2 aliphatic heterocycles. The van der Waals surface area contributed by atoms with E-state index in [2.05, 4.69) is 12.2 Å². The molecule has 0 saturated carbocycles. The molecule has 0 saturated heterocycles. The number of hydrogen-bond donors (Lipinski definition) is 1. The summed E-state index contributed by atoms with van der Waals surface area (Å²) in [6, 6.07) is 13.2. The minimum absolute atomic E-state index is 0.179. The maximum Gasteiger partial charge on any atom is 0.276 e. The molecular weight excluding hydrogens is 412 g/mol. The molecule has 2 aromatic carbocycles. The number of thioether (sulfide) groups is 1. The predicted octanol–water partition coefficient (Wildman–Crippen LogP) is 2.77. The molecule has 0 bridgehead atoms. The highest BCUT2D eigenvalue weighted by atomic mass is 32.2. The first-order chi connectivity index (χ1) is 15.2. The molecule has 2 aromatic rings. The number of hydrogen-bond acceptors (Lipinski definition) is 7. The molecule has 31 heavy (non-hydrogen) atoms. The van der Waals surface area contributed by atoms with Crippen molar-refractivity contribution in [1.29, 1.82) is 0 Å². The van der Waals surface area contributed by atoms with Crippen molar-refractivity contribution in [3.05, 3.63) is 58.6 Å². The van der Waals surface area contributed by atoms with E-state index in [1.807, 2.05) is 42.5 Å². The summed E-state index contributed by atoms with van der Waals surface area (Å²) >= 11 is 1.56. The number of fused-ring (bicyclic) bond motifs is 2. The molecule has 1 amide bonds. The zero-order chi connectivity index (χ0) is 21.8. The zero-order valence-electron chi connectivity index (χ0n) is 17.9. The number of carbonyl (C=O) groups is 1. The van der Waals surface area contributed by atoms with Crippen molar-refractivity contribution in [1.82, 2.24) is 10.3 Å². The Morgan fingerprint density at radius 1 is 1.13 bits per heavy atom. The van der Waals surface area contributed by atoms with E-state index in [1.54, 1.807) is 31.0 Å². The Bertz CT molecular complexity index is 1130. The molecule has 7 nitrogen and oxygen atoms in total. The zero-order valence-corrected chi connectivity index (χ0v) is 18.7. The van der Waals surface area contributed by atoms with Gasteiger partial charge in [-0.3, -0.25) is 15.1 Å². The van der Waals surface area contributed by atoms with Crippen molar-refractivity contribution in [3.63, 3.8) is 0 Å². The van der Waals surface area contributed by atoms with Crippen LogP contribution >= 0.6 is 11.8 Å². The van der Waals surface area contributed by atoms with Crippen LogP contribution in [0.1, 0.15) is 37.9 Å². The van der Waals surface area contributed by atoms with Crippen LogP contribution in [-0.4, -0.2) is 36.1 Å². The highest BCUT2D eigenvalue weighted by Crippen LogP contribution is 2.37. The van der Waals surface area contributed by atoms with Crippen LogP contribution in [0.2, 0.25) is 0 Å². The number of hydrazone groups is 1. The maximum absolute atomic E-state index is 13.2. The Morgan fingerprint density at radius 3 is 2.74 bits per heavy atom. The van der Waals surface area contributed by atoms with E-state index in [-0.39, 0.29) is 5.91 Å². The van der Waals surface area contributed by atoms with E-state index in [9.17, 15) is 4.79 Å². The second kappa shape index (κ2) is 9.43.